The lowest BCUT2D eigenvalue weighted by Crippen LogP contribution is -2.25. The first-order valence-electron chi connectivity index (χ1n) is 13.5. The van der Waals surface area contributed by atoms with Gasteiger partial charge in [0.25, 0.3) is 5.91 Å². The molecule has 5 rings (SSSR count). The number of nitrogens with one attached hydrogen (secondary N) is 2. The van der Waals surface area contributed by atoms with E-state index in [1.807, 2.05) is 60.0 Å². The number of carbonyl (C=O) groups excluding carboxylic acids is 3. The van der Waals surface area contributed by atoms with Gasteiger partial charge in [0.1, 0.15) is 5.00 Å². The summed E-state index contributed by atoms with van der Waals surface area (Å²) in [6, 6.07) is 17.3. The lowest BCUT2D eigenvalue weighted by molar-refractivity contribution is -0.113. The van der Waals surface area contributed by atoms with E-state index in [-0.39, 0.29) is 30.7 Å². The van der Waals surface area contributed by atoms with Gasteiger partial charge >= 0.3 is 5.97 Å². The number of anilines is 1. The highest BCUT2D eigenvalue weighted by Gasteiger charge is 2.28. The van der Waals surface area contributed by atoms with E-state index < -0.39 is 5.97 Å². The maximum absolute atomic E-state index is 13.0. The van der Waals surface area contributed by atoms with Crippen LogP contribution >= 0.6 is 23.1 Å². The van der Waals surface area contributed by atoms with E-state index in [4.69, 9.17) is 4.74 Å². The molecule has 212 valence electrons. The van der Waals surface area contributed by atoms with Gasteiger partial charge in [-0.15, -0.1) is 21.5 Å². The van der Waals surface area contributed by atoms with Gasteiger partial charge in [-0.1, -0.05) is 59.8 Å². The molecule has 0 radical (unpaired) electrons. The van der Waals surface area contributed by atoms with Gasteiger partial charge in [-0.2, -0.15) is 0 Å². The van der Waals surface area contributed by atoms with Crippen molar-refractivity contribution in [3.05, 3.63) is 93.1 Å². The van der Waals surface area contributed by atoms with Crippen LogP contribution in [0, 0.1) is 6.92 Å². The lowest BCUT2D eigenvalue weighted by atomic mass is 10.1. The second-order valence-corrected chi connectivity index (χ2v) is 11.7. The van der Waals surface area contributed by atoms with Crippen molar-refractivity contribution < 1.29 is 19.1 Å². The molecule has 0 unspecified atom stereocenters. The van der Waals surface area contributed by atoms with Crippen molar-refractivity contribution >= 4 is 45.9 Å². The maximum Gasteiger partial charge on any atom is 0.341 e. The summed E-state index contributed by atoms with van der Waals surface area (Å²) in [7, 11) is 0. The van der Waals surface area contributed by atoms with E-state index in [0.29, 0.717) is 33.7 Å². The average molecular weight is 590 g/mol. The Bertz CT molecular complexity index is 1560. The molecular formula is C30H31N5O4S2. The van der Waals surface area contributed by atoms with Crippen molar-refractivity contribution in [3.63, 3.8) is 0 Å². The van der Waals surface area contributed by atoms with Crippen LogP contribution in [-0.4, -0.2) is 44.9 Å². The number of fused-ring (bicyclic) bond motifs is 1. The van der Waals surface area contributed by atoms with Crippen molar-refractivity contribution in [1.29, 1.82) is 0 Å². The molecule has 2 amide bonds. The second kappa shape index (κ2) is 13.1. The predicted molar refractivity (Wildman–Crippen MR) is 160 cm³/mol. The third kappa shape index (κ3) is 6.86. The van der Waals surface area contributed by atoms with Gasteiger partial charge in [0.05, 0.1) is 31.0 Å². The summed E-state index contributed by atoms with van der Waals surface area (Å²) in [6.07, 6.45) is 2.72. The average Bonchev–Trinajstić information content (AvgIpc) is 3.66. The molecule has 0 spiro atoms. The topological polar surface area (TPSA) is 115 Å². The first-order chi connectivity index (χ1) is 19.9. The summed E-state index contributed by atoms with van der Waals surface area (Å²) < 4.78 is 7.18. The highest BCUT2D eigenvalue weighted by molar-refractivity contribution is 7.99. The van der Waals surface area contributed by atoms with Crippen LogP contribution in [-0.2, 0) is 35.5 Å². The molecule has 0 saturated carbocycles. The number of thioether (sulfide) groups is 1. The number of thiophene rings is 1. The number of esters is 1. The number of amides is 2. The molecule has 1 aliphatic rings. The van der Waals surface area contributed by atoms with E-state index in [2.05, 4.69) is 20.8 Å². The Morgan fingerprint density at radius 3 is 2.68 bits per heavy atom. The van der Waals surface area contributed by atoms with Crippen LogP contribution in [0.1, 0.15) is 61.5 Å². The Morgan fingerprint density at radius 2 is 1.90 bits per heavy atom. The first-order valence-corrected chi connectivity index (χ1v) is 15.3. The second-order valence-electron chi connectivity index (χ2n) is 9.64. The van der Waals surface area contributed by atoms with Crippen molar-refractivity contribution in [2.75, 3.05) is 17.7 Å². The van der Waals surface area contributed by atoms with Gasteiger partial charge < -0.3 is 19.9 Å². The van der Waals surface area contributed by atoms with E-state index in [9.17, 15) is 14.4 Å². The molecule has 0 fully saturated rings. The summed E-state index contributed by atoms with van der Waals surface area (Å²) >= 11 is 2.71. The summed E-state index contributed by atoms with van der Waals surface area (Å²) in [4.78, 5) is 39.6. The largest absolute Gasteiger partial charge is 0.462 e. The van der Waals surface area contributed by atoms with Gasteiger partial charge in [0.2, 0.25) is 5.91 Å². The van der Waals surface area contributed by atoms with E-state index >= 15 is 0 Å². The fraction of sp³-hybridized carbons (Fsp3) is 0.300. The number of hydrogen-bond acceptors (Lipinski definition) is 8. The van der Waals surface area contributed by atoms with Gasteiger partial charge in [-0.3, -0.25) is 9.59 Å². The SMILES string of the molecule is CCOC(=O)c1c(NC(=O)CSc2nnc(CNC(=O)c3cccc(C)c3)n2Cc2ccccc2)sc2c1CCC2. The van der Waals surface area contributed by atoms with Crippen molar-refractivity contribution in [3.8, 4) is 0 Å². The zero-order valence-corrected chi connectivity index (χ0v) is 24.6. The molecule has 1 aliphatic carbocycles. The summed E-state index contributed by atoms with van der Waals surface area (Å²) in [6.45, 7) is 4.65. The Kier molecular flexibility index (Phi) is 9.15. The Balaban J connectivity index is 1.29. The van der Waals surface area contributed by atoms with Crippen LogP contribution in [0.15, 0.2) is 59.8 Å². The van der Waals surface area contributed by atoms with E-state index in [1.165, 1.54) is 23.1 Å². The third-order valence-electron chi connectivity index (χ3n) is 6.65. The Morgan fingerprint density at radius 1 is 1.07 bits per heavy atom. The van der Waals surface area contributed by atoms with Crippen molar-refractivity contribution in [2.24, 2.45) is 0 Å². The fourth-order valence-corrected chi connectivity index (χ4v) is 6.78. The highest BCUT2D eigenvalue weighted by Crippen LogP contribution is 2.39. The molecule has 9 nitrogen and oxygen atoms in total. The molecule has 2 N–H and O–H groups in total. The Hall–Kier alpha value is -3.96. The van der Waals surface area contributed by atoms with Gasteiger partial charge in [-0.25, -0.2) is 4.79 Å². The minimum Gasteiger partial charge on any atom is -0.462 e. The van der Waals surface area contributed by atoms with Gasteiger partial charge in [-0.05, 0) is 56.4 Å². The van der Waals surface area contributed by atoms with Crippen molar-refractivity contribution in [1.82, 2.24) is 20.1 Å². The number of hydrogen-bond donors (Lipinski definition) is 2. The summed E-state index contributed by atoms with van der Waals surface area (Å²) in [5, 5.41) is 15.6. The number of carbonyl (C=O) groups is 3. The molecular weight excluding hydrogens is 558 g/mol. The molecule has 0 aliphatic heterocycles. The van der Waals surface area contributed by atoms with Crippen LogP contribution in [0.3, 0.4) is 0 Å². The third-order valence-corrected chi connectivity index (χ3v) is 8.82. The monoisotopic (exact) mass is 589 g/mol. The number of aromatic nitrogens is 3. The van der Waals surface area contributed by atoms with Crippen LogP contribution in [0.5, 0.6) is 0 Å². The van der Waals surface area contributed by atoms with Gasteiger partial charge in [0.15, 0.2) is 11.0 Å². The summed E-state index contributed by atoms with van der Waals surface area (Å²) in [5.41, 5.74) is 4.10. The van der Waals surface area contributed by atoms with E-state index in [0.717, 1.165) is 40.8 Å². The minimum atomic E-state index is -0.394. The molecule has 2 aromatic carbocycles. The quantitative estimate of drug-likeness (QED) is 0.186. The van der Waals surface area contributed by atoms with Crippen LogP contribution in [0.4, 0.5) is 5.00 Å². The number of ether oxygens (including phenoxy) is 1. The first kappa shape index (κ1) is 28.6. The molecule has 0 atom stereocenters. The molecule has 0 saturated heterocycles. The number of nitrogens with zero attached hydrogens (tertiary/aromatic N) is 3. The zero-order valence-electron chi connectivity index (χ0n) is 22.9. The van der Waals surface area contributed by atoms with Crippen molar-refractivity contribution in [2.45, 2.75) is 51.4 Å². The van der Waals surface area contributed by atoms with Crippen LogP contribution in [0.25, 0.3) is 0 Å². The minimum absolute atomic E-state index is 0.0768. The fourth-order valence-electron chi connectivity index (χ4n) is 4.73. The number of benzene rings is 2. The smallest absolute Gasteiger partial charge is 0.341 e. The maximum atomic E-state index is 13.0. The van der Waals surface area contributed by atoms with Gasteiger partial charge in [0, 0.05) is 10.4 Å². The highest BCUT2D eigenvalue weighted by atomic mass is 32.2. The zero-order chi connectivity index (χ0) is 28.8. The number of aryl methyl sites for hydroxylation is 2. The predicted octanol–water partition coefficient (Wildman–Crippen LogP) is 5.02. The standard InChI is InChI=1S/C30H31N5O4S2/c1-3-39-29(38)26-22-13-8-14-23(22)41-28(26)32-25(36)18-40-30-34-33-24(35(30)17-20-10-5-4-6-11-20)16-31-27(37)21-12-7-9-19(2)15-21/h4-7,9-12,15H,3,8,13-14,16-18H2,1-2H3,(H,31,37)(H,32,36). The summed E-state index contributed by atoms with van der Waals surface area (Å²) in [5.74, 6) is -0.180. The van der Waals surface area contributed by atoms with E-state index in [1.54, 1.807) is 13.0 Å². The molecule has 4 aromatic rings. The molecule has 11 heteroatoms. The lowest BCUT2D eigenvalue weighted by Gasteiger charge is -2.12. The number of rotatable bonds is 11. The Labute approximate surface area is 246 Å². The molecule has 2 aromatic heterocycles. The molecule has 2 heterocycles. The molecule has 0 bridgehead atoms. The molecule has 41 heavy (non-hydrogen) atoms. The normalized spacial score (nSPS) is 12.1. The van der Waals surface area contributed by atoms with Crippen LogP contribution in [0.2, 0.25) is 0 Å². The van der Waals surface area contributed by atoms with Crippen LogP contribution < -0.4 is 10.6 Å².